The van der Waals surface area contributed by atoms with Crippen molar-refractivity contribution in [2.24, 2.45) is 0 Å². The summed E-state index contributed by atoms with van der Waals surface area (Å²) in [5.41, 5.74) is 0.735. The van der Waals surface area contributed by atoms with Crippen LogP contribution in [0.5, 0.6) is 0 Å². The number of aromatic nitrogens is 1. The molecule has 0 saturated heterocycles. The van der Waals surface area contributed by atoms with Gasteiger partial charge in [-0.05, 0) is 6.92 Å². The van der Waals surface area contributed by atoms with E-state index in [0.29, 0.717) is 5.76 Å². The number of rotatable bonds is 3. The lowest BCUT2D eigenvalue weighted by Crippen LogP contribution is -2.14. The largest absolute Gasteiger partial charge is 0.760 e. The van der Waals surface area contributed by atoms with E-state index in [9.17, 15) is 8.76 Å². The van der Waals surface area contributed by atoms with Gasteiger partial charge >= 0.3 is 0 Å². The van der Waals surface area contributed by atoms with Gasteiger partial charge in [-0.1, -0.05) is 5.16 Å². The highest BCUT2D eigenvalue weighted by Crippen LogP contribution is 2.00. The molecule has 1 N–H and O–H groups in total. The molecule has 0 spiro atoms. The SMILES string of the molecule is Cc1cc(CNS(=O)[O-])on1. The number of nitrogens with zero attached hydrogens (tertiary/aromatic N) is 1. The van der Waals surface area contributed by atoms with Crippen LogP contribution in [0.4, 0.5) is 0 Å². The van der Waals surface area contributed by atoms with Gasteiger partial charge in [-0.25, -0.2) is 4.72 Å². The minimum Gasteiger partial charge on any atom is -0.760 e. The Morgan fingerprint density at radius 1 is 1.91 bits per heavy atom. The zero-order valence-corrected chi connectivity index (χ0v) is 6.68. The van der Waals surface area contributed by atoms with Crippen molar-refractivity contribution in [2.45, 2.75) is 13.5 Å². The van der Waals surface area contributed by atoms with Gasteiger partial charge in [0.25, 0.3) is 0 Å². The lowest BCUT2D eigenvalue weighted by Gasteiger charge is -2.02. The minimum atomic E-state index is -2.24. The standard InChI is InChI=1S/C5H8N2O3S/c1-4-2-5(10-7-4)3-6-11(8)9/h2,6H,3H2,1H3,(H,8,9)/p-1. The van der Waals surface area contributed by atoms with Gasteiger partial charge in [-0.3, -0.25) is 4.21 Å². The van der Waals surface area contributed by atoms with E-state index in [1.807, 2.05) is 0 Å². The van der Waals surface area contributed by atoms with Crippen LogP contribution in [-0.4, -0.2) is 13.9 Å². The molecule has 5 nitrogen and oxygen atoms in total. The van der Waals surface area contributed by atoms with Crippen molar-refractivity contribution in [2.75, 3.05) is 0 Å². The van der Waals surface area contributed by atoms with Gasteiger partial charge in [0.2, 0.25) is 0 Å². The second-order valence-electron chi connectivity index (χ2n) is 1.99. The molecule has 0 aliphatic rings. The Morgan fingerprint density at radius 2 is 2.64 bits per heavy atom. The summed E-state index contributed by atoms with van der Waals surface area (Å²) in [7, 11) is 0. The highest BCUT2D eigenvalue weighted by molar-refractivity contribution is 7.77. The molecule has 0 aliphatic carbocycles. The monoisotopic (exact) mass is 175 g/mol. The summed E-state index contributed by atoms with van der Waals surface area (Å²) < 4.78 is 26.9. The topological polar surface area (TPSA) is 78.2 Å². The smallest absolute Gasteiger partial charge is 0.151 e. The molecule has 0 radical (unpaired) electrons. The summed E-state index contributed by atoms with van der Waals surface area (Å²) in [6, 6.07) is 1.67. The van der Waals surface area contributed by atoms with Gasteiger partial charge in [0, 0.05) is 17.3 Å². The lowest BCUT2D eigenvalue weighted by molar-refractivity contribution is 0.376. The predicted molar refractivity (Wildman–Crippen MR) is 37.0 cm³/mol. The summed E-state index contributed by atoms with van der Waals surface area (Å²) in [6.07, 6.45) is 0. The van der Waals surface area contributed by atoms with Gasteiger partial charge in [0.05, 0.1) is 12.2 Å². The summed E-state index contributed by atoms with van der Waals surface area (Å²) in [4.78, 5) is 0. The fourth-order valence-corrected chi connectivity index (χ4v) is 0.890. The Kier molecular flexibility index (Phi) is 2.75. The molecule has 6 heteroatoms. The molecule has 0 aromatic carbocycles. The maximum atomic E-state index is 10.0. The molecule has 0 bridgehead atoms. The third-order valence-electron chi connectivity index (χ3n) is 1.04. The van der Waals surface area contributed by atoms with E-state index >= 15 is 0 Å². The Balaban J connectivity index is 2.45. The van der Waals surface area contributed by atoms with E-state index in [1.165, 1.54) is 0 Å². The average Bonchev–Trinajstić information content (AvgIpc) is 2.31. The Labute approximate surface area is 66.2 Å². The quantitative estimate of drug-likeness (QED) is 0.649. The Morgan fingerprint density at radius 3 is 3.09 bits per heavy atom. The molecule has 1 heterocycles. The van der Waals surface area contributed by atoms with E-state index in [4.69, 9.17) is 4.52 Å². The molecule has 0 saturated carbocycles. The van der Waals surface area contributed by atoms with Crippen LogP contribution in [0.2, 0.25) is 0 Å². The number of hydrogen-bond acceptors (Lipinski definition) is 4. The van der Waals surface area contributed by atoms with Crippen molar-refractivity contribution >= 4 is 11.3 Å². The maximum absolute atomic E-state index is 10.0. The van der Waals surface area contributed by atoms with Gasteiger partial charge in [-0.15, -0.1) is 0 Å². The van der Waals surface area contributed by atoms with Crippen LogP contribution in [0.1, 0.15) is 11.5 Å². The van der Waals surface area contributed by atoms with Crippen LogP contribution in [0.15, 0.2) is 10.6 Å². The molecule has 0 aliphatic heterocycles. The van der Waals surface area contributed by atoms with Crippen molar-refractivity contribution in [1.82, 2.24) is 9.88 Å². The van der Waals surface area contributed by atoms with Crippen LogP contribution in [0, 0.1) is 6.92 Å². The van der Waals surface area contributed by atoms with Crippen LogP contribution < -0.4 is 4.72 Å². The third-order valence-corrected chi connectivity index (χ3v) is 1.42. The zero-order chi connectivity index (χ0) is 8.27. The normalized spacial score (nSPS) is 13.3. The summed E-state index contributed by atoms with van der Waals surface area (Å²) in [5, 5.41) is 3.58. The minimum absolute atomic E-state index is 0.150. The van der Waals surface area contributed by atoms with Gasteiger partial charge in [-0.2, -0.15) is 0 Å². The van der Waals surface area contributed by atoms with Crippen LogP contribution in [0.25, 0.3) is 0 Å². The van der Waals surface area contributed by atoms with Crippen molar-refractivity contribution in [3.8, 4) is 0 Å². The lowest BCUT2D eigenvalue weighted by atomic mass is 10.4. The molecular formula is C5H7N2O3S-. The van der Waals surface area contributed by atoms with E-state index in [-0.39, 0.29) is 6.54 Å². The van der Waals surface area contributed by atoms with Crippen LogP contribution >= 0.6 is 0 Å². The van der Waals surface area contributed by atoms with Crippen molar-refractivity contribution in [3.05, 3.63) is 17.5 Å². The molecule has 1 rings (SSSR count). The fourth-order valence-electron chi connectivity index (χ4n) is 0.630. The molecule has 62 valence electrons. The zero-order valence-electron chi connectivity index (χ0n) is 5.86. The molecular weight excluding hydrogens is 168 g/mol. The predicted octanol–water partition coefficient (Wildman–Crippen LogP) is -0.133. The first kappa shape index (κ1) is 8.38. The first-order valence-electron chi connectivity index (χ1n) is 2.93. The van der Waals surface area contributed by atoms with Crippen LogP contribution in [-0.2, 0) is 17.8 Å². The first-order chi connectivity index (χ1) is 5.18. The second-order valence-corrected chi connectivity index (χ2v) is 2.75. The van der Waals surface area contributed by atoms with Gasteiger partial charge < -0.3 is 9.08 Å². The summed E-state index contributed by atoms with van der Waals surface area (Å²) in [5.74, 6) is 0.506. The highest BCUT2D eigenvalue weighted by atomic mass is 32.2. The third kappa shape index (κ3) is 2.79. The molecule has 1 aromatic heterocycles. The average molecular weight is 175 g/mol. The Hall–Kier alpha value is -0.720. The van der Waals surface area contributed by atoms with Gasteiger partial charge in [0.15, 0.2) is 5.76 Å². The molecule has 1 unspecified atom stereocenters. The first-order valence-corrected chi connectivity index (χ1v) is 4.01. The number of aryl methyl sites for hydroxylation is 1. The van der Waals surface area contributed by atoms with Crippen molar-refractivity contribution < 1.29 is 13.3 Å². The maximum Gasteiger partial charge on any atom is 0.151 e. The van der Waals surface area contributed by atoms with Crippen molar-refractivity contribution in [3.63, 3.8) is 0 Å². The molecule has 1 aromatic rings. The molecule has 0 fully saturated rings. The van der Waals surface area contributed by atoms with E-state index in [0.717, 1.165) is 5.69 Å². The van der Waals surface area contributed by atoms with E-state index in [2.05, 4.69) is 9.88 Å². The Bertz CT molecular complexity index is 260. The highest BCUT2D eigenvalue weighted by Gasteiger charge is 1.98. The second kappa shape index (κ2) is 3.61. The van der Waals surface area contributed by atoms with E-state index < -0.39 is 11.3 Å². The number of nitrogens with one attached hydrogen (secondary N) is 1. The molecule has 11 heavy (non-hydrogen) atoms. The van der Waals surface area contributed by atoms with Gasteiger partial charge in [0.1, 0.15) is 0 Å². The molecule has 0 amide bonds. The van der Waals surface area contributed by atoms with E-state index in [1.54, 1.807) is 13.0 Å². The number of hydrogen-bond donors (Lipinski definition) is 1. The molecule has 1 atom stereocenters. The summed E-state index contributed by atoms with van der Waals surface area (Å²) >= 11 is -2.24. The van der Waals surface area contributed by atoms with Crippen molar-refractivity contribution in [1.29, 1.82) is 0 Å². The fraction of sp³-hybridized carbons (Fsp3) is 0.400. The van der Waals surface area contributed by atoms with Crippen LogP contribution in [0.3, 0.4) is 0 Å². The summed E-state index contributed by atoms with van der Waals surface area (Å²) in [6.45, 7) is 1.91.